The minimum Gasteiger partial charge on any atom is -0.384 e. The molecule has 2 rings (SSSR count). The molecule has 84 valence electrons. The molecule has 3 nitrogen and oxygen atoms in total. The van der Waals surface area contributed by atoms with Crippen molar-refractivity contribution in [1.82, 2.24) is 9.78 Å². The van der Waals surface area contributed by atoms with Crippen molar-refractivity contribution in [2.75, 3.05) is 5.73 Å². The van der Waals surface area contributed by atoms with Crippen molar-refractivity contribution in [3.63, 3.8) is 0 Å². The summed E-state index contributed by atoms with van der Waals surface area (Å²) in [5.41, 5.74) is 8.63. The second kappa shape index (κ2) is 3.87. The number of rotatable bonds is 4. The summed E-state index contributed by atoms with van der Waals surface area (Å²) < 4.78 is 1.84. The standard InChI is InChI=1S/C12H21N3/c1-4-6-9-11(10-7-8(10)5-2)14-15(3)12(9)13/h8,10H,4-7,13H2,1-3H3. The van der Waals surface area contributed by atoms with Crippen molar-refractivity contribution < 1.29 is 0 Å². The Labute approximate surface area is 91.7 Å². The molecule has 2 N–H and O–H groups in total. The molecular weight excluding hydrogens is 186 g/mol. The molecule has 1 saturated carbocycles. The lowest BCUT2D eigenvalue weighted by Gasteiger charge is -2.00. The molecule has 0 spiro atoms. The number of aryl methyl sites for hydroxylation is 1. The molecule has 1 heterocycles. The van der Waals surface area contributed by atoms with E-state index in [4.69, 9.17) is 5.73 Å². The van der Waals surface area contributed by atoms with Crippen molar-refractivity contribution in [1.29, 1.82) is 0 Å². The van der Waals surface area contributed by atoms with Crippen molar-refractivity contribution in [3.8, 4) is 0 Å². The molecule has 1 aromatic heterocycles. The molecule has 1 aromatic rings. The van der Waals surface area contributed by atoms with Crippen LogP contribution in [0.3, 0.4) is 0 Å². The second-order valence-corrected chi connectivity index (χ2v) is 4.63. The highest BCUT2D eigenvalue weighted by atomic mass is 15.3. The Bertz CT molecular complexity index is 354. The lowest BCUT2D eigenvalue weighted by molar-refractivity contribution is 0.715. The van der Waals surface area contributed by atoms with E-state index in [1.54, 1.807) is 0 Å². The van der Waals surface area contributed by atoms with E-state index in [1.165, 1.54) is 24.1 Å². The van der Waals surface area contributed by atoms with Gasteiger partial charge < -0.3 is 5.73 Å². The maximum atomic E-state index is 6.04. The van der Waals surface area contributed by atoms with E-state index in [1.807, 2.05) is 11.7 Å². The van der Waals surface area contributed by atoms with Crippen LogP contribution in [0.15, 0.2) is 0 Å². The maximum absolute atomic E-state index is 6.04. The first-order chi connectivity index (χ1) is 7.19. The molecule has 1 aliphatic rings. The molecule has 0 aromatic carbocycles. The molecule has 0 aliphatic heterocycles. The first-order valence-corrected chi connectivity index (χ1v) is 6.00. The van der Waals surface area contributed by atoms with Crippen molar-refractivity contribution >= 4 is 5.82 Å². The smallest absolute Gasteiger partial charge is 0.124 e. The summed E-state index contributed by atoms with van der Waals surface area (Å²) in [7, 11) is 1.95. The van der Waals surface area contributed by atoms with E-state index < -0.39 is 0 Å². The Kier molecular flexibility index (Phi) is 2.72. The van der Waals surface area contributed by atoms with Crippen LogP contribution in [-0.2, 0) is 13.5 Å². The van der Waals surface area contributed by atoms with Crippen LogP contribution in [0.4, 0.5) is 5.82 Å². The number of nitrogens with zero attached hydrogens (tertiary/aromatic N) is 2. The fourth-order valence-corrected chi connectivity index (χ4v) is 2.44. The molecular formula is C12H21N3. The highest BCUT2D eigenvalue weighted by molar-refractivity contribution is 5.46. The Morgan fingerprint density at radius 2 is 2.20 bits per heavy atom. The number of nitrogens with two attached hydrogens (primary N) is 1. The van der Waals surface area contributed by atoms with E-state index >= 15 is 0 Å². The van der Waals surface area contributed by atoms with E-state index in [0.717, 1.165) is 24.6 Å². The van der Waals surface area contributed by atoms with Gasteiger partial charge in [0, 0.05) is 18.5 Å². The Morgan fingerprint density at radius 1 is 1.47 bits per heavy atom. The summed E-state index contributed by atoms with van der Waals surface area (Å²) in [6.45, 7) is 4.46. The van der Waals surface area contributed by atoms with Gasteiger partial charge in [0.05, 0.1) is 5.69 Å². The number of aromatic nitrogens is 2. The van der Waals surface area contributed by atoms with Crippen LogP contribution < -0.4 is 5.73 Å². The Hall–Kier alpha value is -0.990. The maximum Gasteiger partial charge on any atom is 0.124 e. The van der Waals surface area contributed by atoms with E-state index in [2.05, 4.69) is 18.9 Å². The Morgan fingerprint density at radius 3 is 2.73 bits per heavy atom. The van der Waals surface area contributed by atoms with Crippen molar-refractivity contribution in [2.45, 2.75) is 45.4 Å². The summed E-state index contributed by atoms with van der Waals surface area (Å²) in [6.07, 6.45) is 4.80. The average molecular weight is 207 g/mol. The van der Waals surface area contributed by atoms with Crippen LogP contribution in [0, 0.1) is 5.92 Å². The van der Waals surface area contributed by atoms with Gasteiger partial charge in [-0.1, -0.05) is 26.7 Å². The third kappa shape index (κ3) is 1.75. The van der Waals surface area contributed by atoms with Gasteiger partial charge >= 0.3 is 0 Å². The second-order valence-electron chi connectivity index (χ2n) is 4.63. The van der Waals surface area contributed by atoms with Crippen LogP contribution in [0.1, 0.15) is 50.3 Å². The van der Waals surface area contributed by atoms with Crippen LogP contribution in [0.5, 0.6) is 0 Å². The monoisotopic (exact) mass is 207 g/mol. The first kappa shape index (κ1) is 10.5. The molecule has 2 atom stereocenters. The molecule has 1 aliphatic carbocycles. The fourth-order valence-electron chi connectivity index (χ4n) is 2.44. The zero-order chi connectivity index (χ0) is 11.0. The summed E-state index contributed by atoms with van der Waals surface area (Å²) in [5.74, 6) is 2.42. The molecule has 3 heteroatoms. The number of hydrogen-bond donors (Lipinski definition) is 1. The van der Waals surface area contributed by atoms with Crippen LogP contribution >= 0.6 is 0 Å². The number of nitrogen functional groups attached to an aromatic ring is 1. The summed E-state index contributed by atoms with van der Waals surface area (Å²) in [5, 5.41) is 4.58. The van der Waals surface area contributed by atoms with Gasteiger partial charge in [0.1, 0.15) is 5.82 Å². The molecule has 0 saturated heterocycles. The van der Waals surface area contributed by atoms with Crippen LogP contribution in [-0.4, -0.2) is 9.78 Å². The van der Waals surface area contributed by atoms with Gasteiger partial charge in [-0.15, -0.1) is 0 Å². The highest BCUT2D eigenvalue weighted by Crippen LogP contribution is 2.50. The number of anilines is 1. The highest BCUT2D eigenvalue weighted by Gasteiger charge is 2.40. The van der Waals surface area contributed by atoms with Crippen LogP contribution in [0.2, 0.25) is 0 Å². The number of hydrogen-bond acceptors (Lipinski definition) is 2. The molecule has 0 bridgehead atoms. The molecule has 2 unspecified atom stereocenters. The normalized spacial score (nSPS) is 24.5. The predicted octanol–water partition coefficient (Wildman–Crippen LogP) is 2.47. The van der Waals surface area contributed by atoms with Gasteiger partial charge in [-0.25, -0.2) is 0 Å². The van der Waals surface area contributed by atoms with Gasteiger partial charge in [-0.3, -0.25) is 4.68 Å². The Balaban J connectivity index is 2.26. The van der Waals surface area contributed by atoms with Crippen molar-refractivity contribution in [3.05, 3.63) is 11.3 Å². The summed E-state index contributed by atoms with van der Waals surface area (Å²) in [6, 6.07) is 0. The van der Waals surface area contributed by atoms with E-state index in [9.17, 15) is 0 Å². The minimum absolute atomic E-state index is 0.694. The first-order valence-electron chi connectivity index (χ1n) is 6.00. The molecule has 0 radical (unpaired) electrons. The zero-order valence-corrected chi connectivity index (χ0v) is 9.95. The minimum atomic E-state index is 0.694. The SMILES string of the molecule is CCCc1c(C2CC2CC)nn(C)c1N. The fraction of sp³-hybridized carbons (Fsp3) is 0.750. The molecule has 0 amide bonds. The molecule has 1 fully saturated rings. The third-order valence-corrected chi connectivity index (χ3v) is 3.52. The molecule has 15 heavy (non-hydrogen) atoms. The lowest BCUT2D eigenvalue weighted by atomic mass is 10.1. The topological polar surface area (TPSA) is 43.8 Å². The average Bonchev–Trinajstić information content (AvgIpc) is 2.95. The van der Waals surface area contributed by atoms with Gasteiger partial charge in [0.2, 0.25) is 0 Å². The van der Waals surface area contributed by atoms with E-state index in [0.29, 0.717) is 5.92 Å². The zero-order valence-electron chi connectivity index (χ0n) is 9.95. The lowest BCUT2D eigenvalue weighted by Crippen LogP contribution is -1.99. The summed E-state index contributed by atoms with van der Waals surface area (Å²) >= 11 is 0. The van der Waals surface area contributed by atoms with Gasteiger partial charge in [0.25, 0.3) is 0 Å². The third-order valence-electron chi connectivity index (χ3n) is 3.52. The largest absolute Gasteiger partial charge is 0.384 e. The quantitative estimate of drug-likeness (QED) is 0.824. The predicted molar refractivity (Wildman–Crippen MR) is 62.8 cm³/mol. The van der Waals surface area contributed by atoms with E-state index in [-0.39, 0.29) is 0 Å². The van der Waals surface area contributed by atoms with Gasteiger partial charge in [0.15, 0.2) is 0 Å². The summed E-state index contributed by atoms with van der Waals surface area (Å²) in [4.78, 5) is 0. The van der Waals surface area contributed by atoms with Gasteiger partial charge in [-0.05, 0) is 18.8 Å². The van der Waals surface area contributed by atoms with Crippen molar-refractivity contribution in [2.24, 2.45) is 13.0 Å². The van der Waals surface area contributed by atoms with Gasteiger partial charge in [-0.2, -0.15) is 5.10 Å². The van der Waals surface area contributed by atoms with Crippen LogP contribution in [0.25, 0.3) is 0 Å².